The Morgan fingerprint density at radius 2 is 1.53 bits per heavy atom. The van der Waals surface area contributed by atoms with Crippen LogP contribution in [0.4, 0.5) is 5.69 Å². The monoisotopic (exact) mass is 436 g/mol. The molecule has 0 spiro atoms. The lowest BCUT2D eigenvalue weighted by atomic mass is 10.1. The first-order valence-corrected chi connectivity index (χ1v) is 11.1. The van der Waals surface area contributed by atoms with E-state index in [1.54, 1.807) is 31.4 Å². The smallest absolute Gasteiger partial charge is 0.244 e. The topological polar surface area (TPSA) is 94.2 Å². The Morgan fingerprint density at radius 1 is 0.933 bits per heavy atom. The van der Waals surface area contributed by atoms with Crippen LogP contribution in [-0.4, -0.2) is 48.0 Å². The molecule has 0 saturated carbocycles. The van der Waals surface area contributed by atoms with Crippen molar-refractivity contribution in [1.82, 2.24) is 5.32 Å². The lowest BCUT2D eigenvalue weighted by Crippen LogP contribution is -2.48. The van der Waals surface area contributed by atoms with Crippen molar-refractivity contribution in [1.29, 1.82) is 0 Å². The van der Waals surface area contributed by atoms with Crippen molar-refractivity contribution in [3.8, 4) is 17.2 Å². The molecule has 30 heavy (non-hydrogen) atoms. The van der Waals surface area contributed by atoms with Crippen LogP contribution < -0.4 is 23.8 Å². The van der Waals surface area contributed by atoms with Gasteiger partial charge in [-0.15, -0.1) is 0 Å². The summed E-state index contributed by atoms with van der Waals surface area (Å²) in [5.41, 5.74) is 1.17. The second-order valence-electron chi connectivity index (χ2n) is 6.78. The first kappa shape index (κ1) is 23.3. The average molecular weight is 437 g/mol. The number of nitrogens with zero attached hydrogens (tertiary/aromatic N) is 1. The minimum absolute atomic E-state index is 0.301. The van der Waals surface area contributed by atoms with E-state index in [0.717, 1.165) is 16.1 Å². The van der Waals surface area contributed by atoms with Gasteiger partial charge in [-0.05, 0) is 43.7 Å². The molecule has 0 radical (unpaired) electrons. The number of amides is 1. The molecule has 1 amide bonds. The highest BCUT2D eigenvalue weighted by molar-refractivity contribution is 7.92. The normalized spacial score (nSPS) is 13.1. The van der Waals surface area contributed by atoms with E-state index in [4.69, 9.17) is 14.2 Å². The van der Waals surface area contributed by atoms with Gasteiger partial charge in [-0.2, -0.15) is 0 Å². The maximum absolute atomic E-state index is 12.9. The van der Waals surface area contributed by atoms with Gasteiger partial charge in [0.25, 0.3) is 0 Å². The zero-order chi connectivity index (χ0) is 22.5. The number of nitrogens with one attached hydrogen (secondary N) is 1. The summed E-state index contributed by atoms with van der Waals surface area (Å²) in [7, 11) is 0.769. The third-order valence-electron chi connectivity index (χ3n) is 4.68. The SMILES string of the molecule is COc1ccc([C@H](C)NC(=O)[C@H](C)N(c2ccc(OC)c(OC)c2)S(C)(=O)=O)cc1. The number of rotatable bonds is 9. The molecule has 0 aliphatic heterocycles. The molecule has 8 nitrogen and oxygen atoms in total. The largest absolute Gasteiger partial charge is 0.497 e. The molecule has 2 aromatic carbocycles. The fraction of sp³-hybridized carbons (Fsp3) is 0.381. The molecule has 9 heteroatoms. The molecular weight excluding hydrogens is 408 g/mol. The third kappa shape index (κ3) is 5.35. The zero-order valence-electron chi connectivity index (χ0n) is 18.0. The second kappa shape index (κ2) is 9.71. The fourth-order valence-corrected chi connectivity index (χ4v) is 4.25. The second-order valence-corrected chi connectivity index (χ2v) is 8.64. The third-order valence-corrected chi connectivity index (χ3v) is 5.93. The van der Waals surface area contributed by atoms with E-state index >= 15 is 0 Å². The lowest BCUT2D eigenvalue weighted by Gasteiger charge is -2.29. The van der Waals surface area contributed by atoms with Crippen molar-refractivity contribution in [2.24, 2.45) is 0 Å². The van der Waals surface area contributed by atoms with Gasteiger partial charge in [0, 0.05) is 6.07 Å². The molecule has 164 valence electrons. The molecule has 0 unspecified atom stereocenters. The summed E-state index contributed by atoms with van der Waals surface area (Å²) in [6, 6.07) is 10.7. The standard InChI is InChI=1S/C21H28N2O6S/c1-14(16-7-10-18(27-3)11-8-16)22-21(24)15(2)23(30(6,25)26)17-9-12-19(28-4)20(13-17)29-5/h7-15H,1-6H3,(H,22,24)/t14-,15-/m0/s1. The number of hydrogen-bond acceptors (Lipinski definition) is 6. The van der Waals surface area contributed by atoms with E-state index in [0.29, 0.717) is 22.9 Å². The summed E-state index contributed by atoms with van der Waals surface area (Å²) in [6.45, 7) is 3.36. The molecule has 2 aromatic rings. The van der Waals surface area contributed by atoms with E-state index in [-0.39, 0.29) is 6.04 Å². The predicted octanol–water partition coefficient (Wildman–Crippen LogP) is 2.74. The number of hydrogen-bond donors (Lipinski definition) is 1. The molecule has 2 atom stereocenters. The molecule has 0 aliphatic rings. The van der Waals surface area contributed by atoms with Gasteiger partial charge in [0.05, 0.1) is 39.3 Å². The predicted molar refractivity (Wildman–Crippen MR) is 116 cm³/mol. The molecule has 1 N–H and O–H groups in total. The van der Waals surface area contributed by atoms with Gasteiger partial charge in [-0.1, -0.05) is 12.1 Å². The van der Waals surface area contributed by atoms with Crippen molar-refractivity contribution in [3.63, 3.8) is 0 Å². The Labute approximate surface area is 177 Å². The molecular formula is C21H28N2O6S. The zero-order valence-corrected chi connectivity index (χ0v) is 18.8. The molecule has 0 fully saturated rings. The quantitative estimate of drug-likeness (QED) is 0.650. The van der Waals surface area contributed by atoms with Crippen LogP contribution in [-0.2, 0) is 14.8 Å². The van der Waals surface area contributed by atoms with Crippen LogP contribution in [0.15, 0.2) is 42.5 Å². The Morgan fingerprint density at radius 3 is 2.03 bits per heavy atom. The van der Waals surface area contributed by atoms with Crippen molar-refractivity contribution in [2.75, 3.05) is 31.9 Å². The van der Waals surface area contributed by atoms with E-state index in [2.05, 4.69) is 5.32 Å². The summed E-state index contributed by atoms with van der Waals surface area (Å²) in [4.78, 5) is 12.9. The van der Waals surface area contributed by atoms with Crippen molar-refractivity contribution < 1.29 is 27.4 Å². The lowest BCUT2D eigenvalue weighted by molar-refractivity contribution is -0.122. The highest BCUT2D eigenvalue weighted by Crippen LogP contribution is 2.33. The summed E-state index contributed by atoms with van der Waals surface area (Å²) in [5, 5.41) is 2.87. The summed E-state index contributed by atoms with van der Waals surface area (Å²) in [5.74, 6) is 1.10. The van der Waals surface area contributed by atoms with E-state index in [1.165, 1.54) is 27.2 Å². The highest BCUT2D eigenvalue weighted by Gasteiger charge is 2.30. The first-order valence-electron chi connectivity index (χ1n) is 9.28. The van der Waals surface area contributed by atoms with Gasteiger partial charge in [0.2, 0.25) is 15.9 Å². The number of ether oxygens (including phenoxy) is 3. The summed E-state index contributed by atoms with van der Waals surface area (Å²) in [6.07, 6.45) is 1.06. The van der Waals surface area contributed by atoms with Crippen LogP contribution >= 0.6 is 0 Å². The van der Waals surface area contributed by atoms with Crippen molar-refractivity contribution >= 4 is 21.6 Å². The summed E-state index contributed by atoms with van der Waals surface area (Å²) >= 11 is 0. The Bertz CT molecular complexity index is 975. The van der Waals surface area contributed by atoms with Crippen molar-refractivity contribution in [2.45, 2.75) is 25.9 Å². The average Bonchev–Trinajstić information content (AvgIpc) is 2.72. The van der Waals surface area contributed by atoms with Gasteiger partial charge < -0.3 is 19.5 Å². The minimum atomic E-state index is -3.76. The van der Waals surface area contributed by atoms with Crippen molar-refractivity contribution in [3.05, 3.63) is 48.0 Å². The number of benzene rings is 2. The van der Waals surface area contributed by atoms with Gasteiger partial charge in [0.15, 0.2) is 11.5 Å². The van der Waals surface area contributed by atoms with E-state index in [9.17, 15) is 13.2 Å². The van der Waals surface area contributed by atoms with Crippen LogP contribution in [0.3, 0.4) is 0 Å². The van der Waals surface area contributed by atoms with E-state index in [1.807, 2.05) is 19.1 Å². The van der Waals surface area contributed by atoms with Crippen LogP contribution in [0.1, 0.15) is 25.5 Å². The Hall–Kier alpha value is -2.94. The van der Waals surface area contributed by atoms with Crippen LogP contribution in [0, 0.1) is 0 Å². The molecule has 0 bridgehead atoms. The maximum atomic E-state index is 12.9. The Balaban J connectivity index is 2.28. The van der Waals surface area contributed by atoms with Gasteiger partial charge in [-0.3, -0.25) is 9.10 Å². The number of anilines is 1. The number of methoxy groups -OCH3 is 3. The molecule has 0 heterocycles. The number of sulfonamides is 1. The number of carbonyl (C=O) groups is 1. The fourth-order valence-electron chi connectivity index (χ4n) is 3.08. The Kier molecular flexibility index (Phi) is 7.55. The van der Waals surface area contributed by atoms with Crippen LogP contribution in [0.25, 0.3) is 0 Å². The number of carbonyl (C=O) groups excluding carboxylic acids is 1. The van der Waals surface area contributed by atoms with Gasteiger partial charge >= 0.3 is 0 Å². The minimum Gasteiger partial charge on any atom is -0.497 e. The first-order chi connectivity index (χ1) is 14.1. The molecule has 0 aromatic heterocycles. The maximum Gasteiger partial charge on any atom is 0.244 e. The van der Waals surface area contributed by atoms with Gasteiger partial charge in [0.1, 0.15) is 11.8 Å². The highest BCUT2D eigenvalue weighted by atomic mass is 32.2. The molecule has 0 aliphatic carbocycles. The molecule has 0 saturated heterocycles. The molecule has 2 rings (SSSR count). The van der Waals surface area contributed by atoms with E-state index < -0.39 is 22.0 Å². The summed E-state index contributed by atoms with van der Waals surface area (Å²) < 4.78 is 41.7. The van der Waals surface area contributed by atoms with Crippen LogP contribution in [0.5, 0.6) is 17.2 Å². The van der Waals surface area contributed by atoms with Gasteiger partial charge in [-0.25, -0.2) is 8.42 Å². The van der Waals surface area contributed by atoms with Crippen LogP contribution in [0.2, 0.25) is 0 Å².